The zero-order chi connectivity index (χ0) is 19.7. The summed E-state index contributed by atoms with van der Waals surface area (Å²) in [6.07, 6.45) is 2.34. The molecule has 2 fully saturated rings. The Morgan fingerprint density at radius 2 is 2.00 bits per heavy atom. The number of carbonyl (C=O) groups is 3. The molecule has 28 heavy (non-hydrogen) atoms. The highest BCUT2D eigenvalue weighted by atomic mass is 16.3. The Balaban J connectivity index is 1.45. The predicted octanol–water partition coefficient (Wildman–Crippen LogP) is -0.348. The van der Waals surface area contributed by atoms with Gasteiger partial charge < -0.3 is 20.6 Å². The number of nitrogens with zero attached hydrogens (tertiary/aromatic N) is 1. The van der Waals surface area contributed by atoms with Crippen molar-refractivity contribution in [2.75, 3.05) is 19.7 Å². The number of nitrogens with one attached hydrogen (secondary N) is 3. The fourth-order valence-corrected chi connectivity index (χ4v) is 4.30. The molecule has 8 heteroatoms. The van der Waals surface area contributed by atoms with Gasteiger partial charge in [-0.05, 0) is 49.5 Å². The quantitative estimate of drug-likeness (QED) is 0.515. The summed E-state index contributed by atoms with van der Waals surface area (Å²) < 4.78 is 0. The van der Waals surface area contributed by atoms with Crippen molar-refractivity contribution in [3.63, 3.8) is 0 Å². The summed E-state index contributed by atoms with van der Waals surface area (Å²) in [5.74, 6) is -0.838. The van der Waals surface area contributed by atoms with Crippen molar-refractivity contribution in [3.8, 4) is 0 Å². The van der Waals surface area contributed by atoms with Crippen molar-refractivity contribution < 1.29 is 19.5 Å². The Hall–Kier alpha value is -2.29. The number of hydrogen-bond acceptors (Lipinski definition) is 6. The van der Waals surface area contributed by atoms with E-state index in [1.807, 2.05) is 18.2 Å². The van der Waals surface area contributed by atoms with Crippen LogP contribution in [0.2, 0.25) is 0 Å². The molecule has 0 saturated carbocycles. The van der Waals surface area contributed by atoms with Gasteiger partial charge >= 0.3 is 0 Å². The van der Waals surface area contributed by atoms with Crippen LogP contribution in [0.4, 0.5) is 0 Å². The van der Waals surface area contributed by atoms with Gasteiger partial charge in [-0.2, -0.15) is 0 Å². The number of fused-ring (bicyclic) bond motifs is 1. The van der Waals surface area contributed by atoms with E-state index < -0.39 is 11.9 Å². The molecule has 0 aromatic heterocycles. The van der Waals surface area contributed by atoms with Crippen LogP contribution in [0.3, 0.4) is 0 Å². The lowest BCUT2D eigenvalue weighted by Crippen LogP contribution is -2.54. The van der Waals surface area contributed by atoms with Crippen LogP contribution in [0.5, 0.6) is 0 Å². The summed E-state index contributed by atoms with van der Waals surface area (Å²) in [5.41, 5.74) is 2.21. The van der Waals surface area contributed by atoms with Crippen molar-refractivity contribution in [2.24, 2.45) is 0 Å². The lowest BCUT2D eigenvalue weighted by Gasteiger charge is -2.37. The van der Waals surface area contributed by atoms with Crippen LogP contribution < -0.4 is 16.0 Å². The zero-order valence-corrected chi connectivity index (χ0v) is 15.8. The molecule has 1 atom stereocenters. The van der Waals surface area contributed by atoms with Gasteiger partial charge in [-0.3, -0.25) is 19.7 Å². The third-order valence-electron chi connectivity index (χ3n) is 6.12. The molecule has 0 aliphatic carbocycles. The van der Waals surface area contributed by atoms with Gasteiger partial charge in [-0.1, -0.05) is 12.1 Å². The minimum absolute atomic E-state index is 0.0852. The van der Waals surface area contributed by atoms with Crippen LogP contribution in [-0.2, 0) is 22.7 Å². The van der Waals surface area contributed by atoms with E-state index in [1.54, 1.807) is 4.90 Å². The van der Waals surface area contributed by atoms with Gasteiger partial charge in [-0.25, -0.2) is 0 Å². The second-order valence-corrected chi connectivity index (χ2v) is 7.93. The molecule has 4 rings (SSSR count). The highest BCUT2D eigenvalue weighted by Gasteiger charge is 2.39. The number of carbonyl (C=O) groups excluding carboxylic acids is 3. The third-order valence-corrected chi connectivity index (χ3v) is 6.12. The van der Waals surface area contributed by atoms with Crippen molar-refractivity contribution in [3.05, 3.63) is 34.9 Å². The molecule has 3 amide bonds. The number of amides is 3. The molecule has 0 bridgehead atoms. The molecule has 0 radical (unpaired) electrons. The maximum absolute atomic E-state index is 12.9. The summed E-state index contributed by atoms with van der Waals surface area (Å²) in [6.45, 7) is 2.79. The largest absolute Gasteiger partial charge is 0.394 e. The number of benzene rings is 1. The number of imide groups is 1. The van der Waals surface area contributed by atoms with Gasteiger partial charge in [0, 0.05) is 30.6 Å². The number of hydrogen-bond donors (Lipinski definition) is 4. The number of rotatable bonds is 5. The van der Waals surface area contributed by atoms with Crippen LogP contribution in [0, 0.1) is 0 Å². The first-order valence-electron chi connectivity index (χ1n) is 9.84. The zero-order valence-electron chi connectivity index (χ0n) is 15.8. The first-order valence-corrected chi connectivity index (χ1v) is 9.84. The third kappa shape index (κ3) is 3.55. The van der Waals surface area contributed by atoms with E-state index in [9.17, 15) is 19.5 Å². The highest BCUT2D eigenvalue weighted by Crippen LogP contribution is 2.28. The lowest BCUT2D eigenvalue weighted by molar-refractivity contribution is -0.136. The lowest BCUT2D eigenvalue weighted by atomic mass is 9.89. The molecule has 4 N–H and O–H groups in total. The first kappa shape index (κ1) is 19.0. The average Bonchev–Trinajstić information content (AvgIpc) is 3.03. The molecule has 0 spiro atoms. The predicted molar refractivity (Wildman–Crippen MR) is 101 cm³/mol. The number of piperidine rings is 2. The summed E-state index contributed by atoms with van der Waals surface area (Å²) in [6, 6.07) is 5.21. The molecular weight excluding hydrogens is 360 g/mol. The smallest absolute Gasteiger partial charge is 0.255 e. The fraction of sp³-hybridized carbons (Fsp3) is 0.550. The summed E-state index contributed by atoms with van der Waals surface area (Å²) in [4.78, 5) is 38.0. The standard InChI is InChI=1S/C20H26N4O4/c25-12-20(5-7-21-8-6-20)22-10-13-1-2-14-11-24(19(28)15(14)9-13)16-3-4-17(26)23-18(16)27/h1-2,9,16,21-22,25H,3-8,10-12H2,(H,23,26,27). The molecule has 3 aliphatic heterocycles. The van der Waals surface area contributed by atoms with Crippen LogP contribution >= 0.6 is 0 Å². The van der Waals surface area contributed by atoms with Gasteiger partial charge in [0.15, 0.2) is 0 Å². The van der Waals surface area contributed by atoms with Gasteiger partial charge in [0.1, 0.15) is 6.04 Å². The second-order valence-electron chi connectivity index (χ2n) is 7.93. The second kappa shape index (κ2) is 7.62. The maximum atomic E-state index is 12.9. The van der Waals surface area contributed by atoms with Crippen LogP contribution in [0.15, 0.2) is 18.2 Å². The van der Waals surface area contributed by atoms with Crippen LogP contribution in [0.25, 0.3) is 0 Å². The minimum atomic E-state index is -0.591. The van der Waals surface area contributed by atoms with Crippen LogP contribution in [-0.4, -0.2) is 59.0 Å². The van der Waals surface area contributed by atoms with Crippen molar-refractivity contribution in [1.82, 2.24) is 20.9 Å². The molecular formula is C20H26N4O4. The average molecular weight is 386 g/mol. The van der Waals surface area contributed by atoms with Crippen LogP contribution in [0.1, 0.15) is 47.2 Å². The van der Waals surface area contributed by atoms with Crippen molar-refractivity contribution in [2.45, 2.75) is 50.4 Å². The van der Waals surface area contributed by atoms with E-state index in [4.69, 9.17) is 0 Å². The minimum Gasteiger partial charge on any atom is -0.394 e. The molecule has 3 heterocycles. The Morgan fingerprint density at radius 1 is 1.21 bits per heavy atom. The first-order chi connectivity index (χ1) is 13.5. The van der Waals surface area contributed by atoms with E-state index in [2.05, 4.69) is 16.0 Å². The Labute approximate surface area is 163 Å². The number of aliphatic hydroxyl groups excluding tert-OH is 1. The SMILES string of the molecule is O=C1CCC(N2Cc3ccc(CNC4(CO)CCNCC4)cc3C2=O)C(=O)N1. The fourth-order valence-electron chi connectivity index (χ4n) is 4.30. The van der Waals surface area contributed by atoms with E-state index in [-0.39, 0.29) is 30.4 Å². The summed E-state index contributed by atoms with van der Waals surface area (Å²) in [7, 11) is 0. The van der Waals surface area contributed by atoms with Gasteiger partial charge in [0.05, 0.1) is 6.61 Å². The topological polar surface area (TPSA) is 111 Å². The summed E-state index contributed by atoms with van der Waals surface area (Å²) >= 11 is 0. The van der Waals surface area contributed by atoms with Gasteiger partial charge in [0.2, 0.25) is 11.8 Å². The molecule has 8 nitrogen and oxygen atoms in total. The molecule has 3 aliphatic rings. The van der Waals surface area contributed by atoms with Gasteiger partial charge in [-0.15, -0.1) is 0 Å². The maximum Gasteiger partial charge on any atom is 0.255 e. The number of aliphatic hydroxyl groups is 1. The Morgan fingerprint density at radius 3 is 2.71 bits per heavy atom. The molecule has 1 aromatic rings. The Kier molecular flexibility index (Phi) is 5.18. The molecule has 1 aromatic carbocycles. The van der Waals surface area contributed by atoms with Crippen molar-refractivity contribution >= 4 is 17.7 Å². The monoisotopic (exact) mass is 386 g/mol. The summed E-state index contributed by atoms with van der Waals surface area (Å²) in [5, 5.41) is 18.9. The van der Waals surface area contributed by atoms with Gasteiger partial charge in [0.25, 0.3) is 5.91 Å². The highest BCUT2D eigenvalue weighted by molar-refractivity contribution is 6.05. The molecule has 150 valence electrons. The Bertz CT molecular complexity index is 803. The van der Waals surface area contributed by atoms with E-state index in [0.29, 0.717) is 25.1 Å². The van der Waals surface area contributed by atoms with E-state index in [0.717, 1.165) is 37.1 Å². The molecule has 1 unspecified atom stereocenters. The normalized spacial score (nSPS) is 24.2. The van der Waals surface area contributed by atoms with E-state index >= 15 is 0 Å². The van der Waals surface area contributed by atoms with E-state index in [1.165, 1.54) is 0 Å². The molecule has 2 saturated heterocycles. The van der Waals surface area contributed by atoms with Crippen molar-refractivity contribution in [1.29, 1.82) is 0 Å².